The number of piperidine rings is 1. The molecule has 9 heteroatoms. The van der Waals surface area contributed by atoms with Gasteiger partial charge in [-0.2, -0.15) is 5.10 Å². The number of hydrogen-bond donors (Lipinski definition) is 2. The molecular formula is C23H31N5O4. The summed E-state index contributed by atoms with van der Waals surface area (Å²) in [5, 5.41) is 22.0. The molecule has 2 aromatic heterocycles. The monoisotopic (exact) mass is 441 g/mol. The summed E-state index contributed by atoms with van der Waals surface area (Å²) in [7, 11) is 0. The highest BCUT2D eigenvalue weighted by Gasteiger charge is 2.31. The van der Waals surface area contributed by atoms with Crippen molar-refractivity contribution in [2.45, 2.75) is 81.9 Å². The molecular weight excluding hydrogens is 410 g/mol. The van der Waals surface area contributed by atoms with Crippen molar-refractivity contribution in [2.75, 3.05) is 18.0 Å². The molecule has 5 rings (SSSR count). The second-order valence-electron chi connectivity index (χ2n) is 9.34. The molecule has 2 saturated carbocycles. The fourth-order valence-electron chi connectivity index (χ4n) is 4.95. The van der Waals surface area contributed by atoms with Gasteiger partial charge in [0, 0.05) is 37.2 Å². The molecule has 3 unspecified atom stereocenters. The predicted molar refractivity (Wildman–Crippen MR) is 118 cm³/mol. The van der Waals surface area contributed by atoms with Crippen LogP contribution < -0.4 is 15.8 Å². The number of aliphatic hydroxyl groups is 1. The number of hydrogen-bond acceptors (Lipinski definition) is 7. The molecule has 0 spiro atoms. The Hall–Kier alpha value is -2.68. The minimum atomic E-state index is -0.538. The maximum absolute atomic E-state index is 12.6. The van der Waals surface area contributed by atoms with Crippen LogP contribution in [-0.4, -0.2) is 51.2 Å². The van der Waals surface area contributed by atoms with Crippen molar-refractivity contribution in [3.63, 3.8) is 0 Å². The lowest BCUT2D eigenvalue weighted by Gasteiger charge is -2.37. The Morgan fingerprint density at radius 1 is 1.12 bits per heavy atom. The zero-order valence-corrected chi connectivity index (χ0v) is 18.3. The lowest BCUT2D eigenvalue weighted by molar-refractivity contribution is 0.0669. The first kappa shape index (κ1) is 21.2. The van der Waals surface area contributed by atoms with Crippen molar-refractivity contribution in [1.82, 2.24) is 20.3 Å². The van der Waals surface area contributed by atoms with E-state index in [9.17, 15) is 14.7 Å². The number of carbonyl (C=O) groups excluding carboxylic acids is 1. The molecule has 2 aromatic rings. The molecule has 1 aliphatic heterocycles. The summed E-state index contributed by atoms with van der Waals surface area (Å²) in [6.07, 6.45) is 8.13. The van der Waals surface area contributed by atoms with Crippen molar-refractivity contribution in [2.24, 2.45) is 0 Å². The van der Waals surface area contributed by atoms with E-state index >= 15 is 0 Å². The van der Waals surface area contributed by atoms with Crippen LogP contribution >= 0.6 is 0 Å². The second kappa shape index (κ2) is 9.05. The number of carbonyl (C=O) groups is 1. The number of nitrogens with zero attached hydrogens (tertiary/aromatic N) is 4. The van der Waals surface area contributed by atoms with Crippen molar-refractivity contribution in [3.8, 4) is 0 Å². The van der Waals surface area contributed by atoms with Crippen LogP contribution in [0.1, 0.15) is 86.0 Å². The van der Waals surface area contributed by atoms with Gasteiger partial charge in [-0.05, 0) is 51.0 Å². The molecule has 1 saturated heterocycles. The predicted octanol–water partition coefficient (Wildman–Crippen LogP) is 2.37. The van der Waals surface area contributed by atoms with E-state index in [0.29, 0.717) is 24.6 Å². The summed E-state index contributed by atoms with van der Waals surface area (Å²) < 4.78 is 6.77. The van der Waals surface area contributed by atoms with E-state index < -0.39 is 6.10 Å². The Kier molecular flexibility index (Phi) is 5.99. The lowest BCUT2D eigenvalue weighted by Crippen LogP contribution is -2.48. The first-order valence-corrected chi connectivity index (χ1v) is 11.9. The van der Waals surface area contributed by atoms with Gasteiger partial charge in [0.15, 0.2) is 5.69 Å². The van der Waals surface area contributed by atoms with Crippen LogP contribution in [0.25, 0.3) is 0 Å². The molecule has 3 heterocycles. The van der Waals surface area contributed by atoms with Gasteiger partial charge in [0.1, 0.15) is 11.6 Å². The van der Waals surface area contributed by atoms with Crippen LogP contribution in [0.3, 0.4) is 0 Å². The molecule has 3 atom stereocenters. The third-order valence-electron chi connectivity index (χ3n) is 6.98. The number of aromatic nitrogens is 3. The molecule has 9 nitrogen and oxygen atoms in total. The molecule has 3 fully saturated rings. The lowest BCUT2D eigenvalue weighted by atomic mass is 9.93. The third kappa shape index (κ3) is 4.44. The van der Waals surface area contributed by atoms with Crippen LogP contribution in [0.15, 0.2) is 27.5 Å². The van der Waals surface area contributed by atoms with E-state index in [0.717, 1.165) is 69.5 Å². The summed E-state index contributed by atoms with van der Waals surface area (Å²) in [4.78, 5) is 27.3. The van der Waals surface area contributed by atoms with Gasteiger partial charge in [0.2, 0.25) is 0 Å². The Labute approximate surface area is 186 Å². The highest BCUT2D eigenvalue weighted by atomic mass is 16.5. The summed E-state index contributed by atoms with van der Waals surface area (Å²) in [5.74, 6) is 1.71. The molecule has 32 heavy (non-hydrogen) atoms. The van der Waals surface area contributed by atoms with Gasteiger partial charge >= 0.3 is 0 Å². The Balaban J connectivity index is 1.29. The van der Waals surface area contributed by atoms with Gasteiger partial charge in [-0.15, -0.1) is 0 Å². The van der Waals surface area contributed by atoms with E-state index in [1.807, 2.05) is 0 Å². The van der Waals surface area contributed by atoms with Crippen LogP contribution in [0.5, 0.6) is 0 Å². The molecule has 2 N–H and O–H groups in total. The van der Waals surface area contributed by atoms with E-state index in [1.165, 1.54) is 4.68 Å². The average molecular weight is 442 g/mol. The van der Waals surface area contributed by atoms with Gasteiger partial charge < -0.3 is 19.8 Å². The van der Waals surface area contributed by atoms with Crippen molar-refractivity contribution < 1.29 is 14.4 Å². The molecule has 1 amide bonds. The minimum Gasteiger partial charge on any atom is -0.391 e. The fraction of sp³-hybridized carbons (Fsp3) is 0.652. The Bertz CT molecular complexity index is 1010. The number of nitrogens with one attached hydrogen (secondary N) is 1. The van der Waals surface area contributed by atoms with Crippen molar-refractivity contribution in [3.05, 3.63) is 40.0 Å². The van der Waals surface area contributed by atoms with Crippen molar-refractivity contribution >= 4 is 11.7 Å². The number of amides is 1. The third-order valence-corrected chi connectivity index (χ3v) is 6.98. The highest BCUT2D eigenvalue weighted by molar-refractivity contribution is 5.92. The average Bonchev–Trinajstić information content (AvgIpc) is 3.55. The van der Waals surface area contributed by atoms with E-state index in [1.54, 1.807) is 18.2 Å². The van der Waals surface area contributed by atoms with Gasteiger partial charge in [0.25, 0.3) is 11.5 Å². The van der Waals surface area contributed by atoms with Crippen LogP contribution in [0.2, 0.25) is 0 Å². The SMILES string of the molecule is O=C(NCC1CCCCN1c1ccc(=O)n(C2CCCCC2O)n1)c1cc(C2CC2)on1. The molecule has 3 aliphatic rings. The first-order chi connectivity index (χ1) is 15.6. The van der Waals surface area contributed by atoms with Crippen LogP contribution in [0, 0.1) is 0 Å². The topological polar surface area (TPSA) is 113 Å². The number of rotatable bonds is 6. The summed E-state index contributed by atoms with van der Waals surface area (Å²) in [6.45, 7) is 1.28. The van der Waals surface area contributed by atoms with Gasteiger partial charge in [0.05, 0.1) is 12.1 Å². The van der Waals surface area contributed by atoms with Gasteiger partial charge in [-0.3, -0.25) is 9.59 Å². The van der Waals surface area contributed by atoms with E-state index in [-0.39, 0.29) is 23.6 Å². The summed E-state index contributed by atoms with van der Waals surface area (Å²) in [6, 6.07) is 4.86. The van der Waals surface area contributed by atoms with Crippen LogP contribution in [-0.2, 0) is 0 Å². The number of aliphatic hydroxyl groups excluding tert-OH is 1. The maximum Gasteiger partial charge on any atom is 0.273 e. The summed E-state index contributed by atoms with van der Waals surface area (Å²) in [5.41, 5.74) is 0.145. The quantitative estimate of drug-likeness (QED) is 0.707. The smallest absolute Gasteiger partial charge is 0.273 e. The standard InChI is InChI=1S/C23H31N5O4/c29-19-7-2-1-6-18(19)28-22(30)11-10-21(25-28)27-12-4-3-5-16(27)14-24-23(31)17-13-20(32-26-17)15-8-9-15/h10-11,13,15-16,18-19,29H,1-9,12,14H2,(H,24,31). The largest absolute Gasteiger partial charge is 0.391 e. The Morgan fingerprint density at radius 3 is 2.75 bits per heavy atom. The zero-order chi connectivity index (χ0) is 22.1. The normalized spacial score (nSPS) is 26.2. The second-order valence-corrected chi connectivity index (χ2v) is 9.34. The number of anilines is 1. The van der Waals surface area contributed by atoms with E-state index in [4.69, 9.17) is 4.52 Å². The van der Waals surface area contributed by atoms with Crippen LogP contribution in [0.4, 0.5) is 5.82 Å². The molecule has 0 bridgehead atoms. The van der Waals surface area contributed by atoms with Gasteiger partial charge in [-0.1, -0.05) is 18.0 Å². The van der Waals surface area contributed by atoms with Gasteiger partial charge in [-0.25, -0.2) is 4.68 Å². The molecule has 0 radical (unpaired) electrons. The molecule has 2 aliphatic carbocycles. The van der Waals surface area contributed by atoms with Crippen molar-refractivity contribution in [1.29, 1.82) is 0 Å². The maximum atomic E-state index is 12.6. The minimum absolute atomic E-state index is 0.0808. The first-order valence-electron chi connectivity index (χ1n) is 11.9. The summed E-state index contributed by atoms with van der Waals surface area (Å²) >= 11 is 0. The Morgan fingerprint density at radius 2 is 1.94 bits per heavy atom. The van der Waals surface area contributed by atoms with E-state index in [2.05, 4.69) is 20.5 Å². The molecule has 172 valence electrons. The fourth-order valence-corrected chi connectivity index (χ4v) is 4.95. The zero-order valence-electron chi connectivity index (χ0n) is 18.3. The highest BCUT2D eigenvalue weighted by Crippen LogP contribution is 2.40. The molecule has 0 aromatic carbocycles.